The molecule has 3 aromatic rings. The van der Waals surface area contributed by atoms with Gasteiger partial charge in [0, 0.05) is 43.5 Å². The molecule has 0 saturated carbocycles. The van der Waals surface area contributed by atoms with Gasteiger partial charge in [-0.05, 0) is 24.6 Å². The summed E-state index contributed by atoms with van der Waals surface area (Å²) in [5, 5.41) is 17.6. The number of amides is 1. The molecule has 0 bridgehead atoms. The van der Waals surface area contributed by atoms with Crippen LogP contribution in [0.25, 0.3) is 11.4 Å². The summed E-state index contributed by atoms with van der Waals surface area (Å²) in [6, 6.07) is 7.58. The number of hydrogen-bond donors (Lipinski definition) is 3. The van der Waals surface area contributed by atoms with Gasteiger partial charge in [0.1, 0.15) is 5.82 Å². The van der Waals surface area contributed by atoms with Crippen molar-refractivity contribution in [1.82, 2.24) is 30.3 Å². The van der Waals surface area contributed by atoms with E-state index in [4.69, 9.17) is 0 Å². The highest BCUT2D eigenvalue weighted by atomic mass is 35.5. The summed E-state index contributed by atoms with van der Waals surface area (Å²) in [6.07, 6.45) is 3.81. The van der Waals surface area contributed by atoms with Gasteiger partial charge in [-0.1, -0.05) is 12.1 Å². The van der Waals surface area contributed by atoms with Crippen LogP contribution in [0.1, 0.15) is 17.3 Å². The molecule has 1 aliphatic heterocycles. The van der Waals surface area contributed by atoms with Gasteiger partial charge in [-0.3, -0.25) is 14.6 Å². The van der Waals surface area contributed by atoms with Crippen LogP contribution in [-0.2, 0) is 11.8 Å². The number of aryl methyl sites for hydroxylation is 2. The van der Waals surface area contributed by atoms with Crippen LogP contribution in [0.3, 0.4) is 0 Å². The number of H-pyrrole nitrogens is 1. The molecule has 27 heavy (non-hydrogen) atoms. The molecule has 9 heteroatoms. The van der Waals surface area contributed by atoms with Gasteiger partial charge in [-0.25, -0.2) is 4.98 Å². The third kappa shape index (κ3) is 4.01. The fourth-order valence-corrected chi connectivity index (χ4v) is 3.38. The number of nitrogens with one attached hydrogen (secondary N) is 3. The van der Waals surface area contributed by atoms with E-state index in [9.17, 15) is 4.79 Å². The van der Waals surface area contributed by atoms with Gasteiger partial charge in [0.15, 0.2) is 5.82 Å². The van der Waals surface area contributed by atoms with Crippen LogP contribution in [0.2, 0.25) is 0 Å². The number of anilines is 1. The first-order valence-corrected chi connectivity index (χ1v) is 8.60. The molecule has 1 aromatic carbocycles. The standard InChI is InChI=1S/C18H21N7O.ClH/c1-11-21-17(24-23-11)12-4-3-5-14(6-12)22-18(26)16-9-19-8-15(16)13-7-20-25(2)10-13;/h3-7,10,15-16,19H,8-9H2,1-2H3,(H,22,26)(H,21,23,24);1H/t15-,16+;/m1./s1. The lowest BCUT2D eigenvalue weighted by atomic mass is 9.90. The van der Waals surface area contributed by atoms with Gasteiger partial charge in [-0.15, -0.1) is 12.4 Å². The van der Waals surface area contributed by atoms with Crippen molar-refractivity contribution in [2.24, 2.45) is 13.0 Å². The Balaban J connectivity index is 0.00000210. The van der Waals surface area contributed by atoms with Crippen molar-refractivity contribution in [2.45, 2.75) is 12.8 Å². The summed E-state index contributed by atoms with van der Waals surface area (Å²) >= 11 is 0. The summed E-state index contributed by atoms with van der Waals surface area (Å²) in [5.41, 5.74) is 2.69. The smallest absolute Gasteiger partial charge is 0.229 e. The van der Waals surface area contributed by atoms with E-state index in [0.29, 0.717) is 12.4 Å². The van der Waals surface area contributed by atoms with Crippen molar-refractivity contribution < 1.29 is 4.79 Å². The molecular formula is C18H22ClN7O. The molecule has 0 radical (unpaired) electrons. The third-order valence-corrected chi connectivity index (χ3v) is 4.69. The first kappa shape index (κ1) is 19.1. The molecule has 1 amide bonds. The van der Waals surface area contributed by atoms with Crippen LogP contribution < -0.4 is 10.6 Å². The Labute approximate surface area is 163 Å². The molecule has 0 aliphatic carbocycles. The highest BCUT2D eigenvalue weighted by molar-refractivity contribution is 5.94. The van der Waals surface area contributed by atoms with Gasteiger partial charge in [0.25, 0.3) is 0 Å². The Morgan fingerprint density at radius 2 is 2.19 bits per heavy atom. The average molecular weight is 388 g/mol. The fourth-order valence-electron chi connectivity index (χ4n) is 3.38. The Hall–Kier alpha value is -2.71. The van der Waals surface area contributed by atoms with E-state index in [-0.39, 0.29) is 30.2 Å². The lowest BCUT2D eigenvalue weighted by Gasteiger charge is -2.17. The second kappa shape index (κ2) is 7.89. The molecule has 0 unspecified atom stereocenters. The maximum atomic E-state index is 12.8. The first-order chi connectivity index (χ1) is 12.6. The zero-order chi connectivity index (χ0) is 18.1. The van der Waals surface area contributed by atoms with Crippen LogP contribution >= 0.6 is 12.4 Å². The Kier molecular flexibility index (Phi) is 5.57. The number of hydrogen-bond acceptors (Lipinski definition) is 5. The van der Waals surface area contributed by atoms with Crippen LogP contribution in [0.4, 0.5) is 5.69 Å². The largest absolute Gasteiger partial charge is 0.326 e. The monoisotopic (exact) mass is 387 g/mol. The Morgan fingerprint density at radius 1 is 1.33 bits per heavy atom. The van der Waals surface area contributed by atoms with Crippen LogP contribution in [0.5, 0.6) is 0 Å². The van der Waals surface area contributed by atoms with Crippen molar-refractivity contribution in [1.29, 1.82) is 0 Å². The number of halogens is 1. The van der Waals surface area contributed by atoms with Crippen molar-refractivity contribution in [3.63, 3.8) is 0 Å². The number of carbonyl (C=O) groups excluding carboxylic acids is 1. The summed E-state index contributed by atoms with van der Waals surface area (Å²) in [6.45, 7) is 3.29. The minimum absolute atomic E-state index is 0. The quantitative estimate of drug-likeness (QED) is 0.634. The number of benzene rings is 1. The fraction of sp³-hybridized carbons (Fsp3) is 0.333. The molecule has 8 nitrogen and oxygen atoms in total. The SMILES string of the molecule is Cc1nc(-c2cccc(NC(=O)[C@H]3CNC[C@@H]3c3cnn(C)c3)c2)n[nH]1.Cl. The van der Waals surface area contributed by atoms with E-state index in [1.54, 1.807) is 4.68 Å². The highest BCUT2D eigenvalue weighted by Gasteiger charge is 2.34. The lowest BCUT2D eigenvalue weighted by Crippen LogP contribution is -2.28. The summed E-state index contributed by atoms with van der Waals surface area (Å²) in [7, 11) is 1.89. The zero-order valence-electron chi connectivity index (χ0n) is 15.1. The maximum Gasteiger partial charge on any atom is 0.229 e. The first-order valence-electron chi connectivity index (χ1n) is 8.60. The highest BCUT2D eigenvalue weighted by Crippen LogP contribution is 2.29. The van der Waals surface area contributed by atoms with E-state index in [0.717, 1.165) is 29.2 Å². The Bertz CT molecular complexity index is 935. The molecule has 3 heterocycles. The molecule has 2 atom stereocenters. The van der Waals surface area contributed by atoms with Crippen LogP contribution in [-0.4, -0.2) is 44.0 Å². The number of aromatic amines is 1. The topological polar surface area (TPSA) is 101 Å². The van der Waals surface area contributed by atoms with Gasteiger partial charge in [0.05, 0.1) is 12.1 Å². The minimum atomic E-state index is -0.131. The predicted octanol–water partition coefficient (Wildman–Crippen LogP) is 1.88. The maximum absolute atomic E-state index is 12.8. The molecule has 3 N–H and O–H groups in total. The van der Waals surface area contributed by atoms with E-state index in [1.165, 1.54) is 0 Å². The predicted molar refractivity (Wildman–Crippen MR) is 105 cm³/mol. The minimum Gasteiger partial charge on any atom is -0.326 e. The van der Waals surface area contributed by atoms with E-state index < -0.39 is 0 Å². The number of nitrogens with zero attached hydrogens (tertiary/aromatic N) is 4. The van der Waals surface area contributed by atoms with Gasteiger partial charge < -0.3 is 10.6 Å². The van der Waals surface area contributed by atoms with Crippen molar-refractivity contribution in [2.75, 3.05) is 18.4 Å². The molecule has 1 fully saturated rings. The van der Waals surface area contributed by atoms with Crippen molar-refractivity contribution >= 4 is 24.0 Å². The third-order valence-electron chi connectivity index (χ3n) is 4.69. The van der Waals surface area contributed by atoms with Gasteiger partial charge in [0.2, 0.25) is 5.91 Å². The van der Waals surface area contributed by atoms with E-state index >= 15 is 0 Å². The molecule has 1 saturated heterocycles. The lowest BCUT2D eigenvalue weighted by molar-refractivity contribution is -0.119. The molecule has 142 valence electrons. The van der Waals surface area contributed by atoms with E-state index in [1.807, 2.05) is 50.6 Å². The Morgan fingerprint density at radius 3 is 2.89 bits per heavy atom. The number of rotatable bonds is 4. The van der Waals surface area contributed by atoms with Crippen molar-refractivity contribution in [3.8, 4) is 11.4 Å². The van der Waals surface area contributed by atoms with Crippen LogP contribution in [0.15, 0.2) is 36.7 Å². The second-order valence-electron chi connectivity index (χ2n) is 6.63. The summed E-state index contributed by atoms with van der Waals surface area (Å²) in [5.74, 6) is 1.38. The summed E-state index contributed by atoms with van der Waals surface area (Å²) in [4.78, 5) is 17.2. The summed E-state index contributed by atoms with van der Waals surface area (Å²) < 4.78 is 1.77. The van der Waals surface area contributed by atoms with Crippen molar-refractivity contribution in [3.05, 3.63) is 48.0 Å². The molecule has 1 aliphatic rings. The van der Waals surface area contributed by atoms with Gasteiger partial charge >= 0.3 is 0 Å². The number of aromatic nitrogens is 5. The second-order valence-corrected chi connectivity index (χ2v) is 6.63. The van der Waals surface area contributed by atoms with Crippen LogP contribution in [0, 0.1) is 12.8 Å². The molecule has 0 spiro atoms. The van der Waals surface area contributed by atoms with Gasteiger partial charge in [-0.2, -0.15) is 10.2 Å². The average Bonchev–Trinajstić information content (AvgIpc) is 3.35. The molecular weight excluding hydrogens is 366 g/mol. The molecule has 4 rings (SSSR count). The number of carbonyl (C=O) groups is 1. The zero-order valence-corrected chi connectivity index (χ0v) is 16.0. The molecule has 2 aromatic heterocycles. The normalized spacial score (nSPS) is 18.9. The van der Waals surface area contributed by atoms with E-state index in [2.05, 4.69) is 30.9 Å².